The summed E-state index contributed by atoms with van der Waals surface area (Å²) < 4.78 is 18.7. The highest BCUT2D eigenvalue weighted by Crippen LogP contribution is 2.24. The first-order valence-corrected chi connectivity index (χ1v) is 6.16. The third-order valence-electron chi connectivity index (χ3n) is 2.59. The largest absolute Gasteiger partial charge is 0.470 e. The number of alkyl halides is 1. The lowest BCUT2D eigenvalue weighted by atomic mass is 10.1. The Hall–Kier alpha value is -1.61. The van der Waals surface area contributed by atoms with Gasteiger partial charge in [-0.3, -0.25) is 0 Å². The molecule has 18 heavy (non-hydrogen) atoms. The molecule has 0 saturated heterocycles. The Kier molecular flexibility index (Phi) is 4.15. The zero-order chi connectivity index (χ0) is 13.0. The second-order valence-electron chi connectivity index (χ2n) is 3.92. The maximum absolute atomic E-state index is 13.0. The Labute approximate surface area is 110 Å². The molecule has 94 valence electrons. The van der Waals surface area contributed by atoms with Crippen LogP contribution in [0.15, 0.2) is 42.6 Å². The topological polar surface area (TPSA) is 22.1 Å². The van der Waals surface area contributed by atoms with Crippen LogP contribution in [-0.4, -0.2) is 4.98 Å². The van der Waals surface area contributed by atoms with E-state index in [0.29, 0.717) is 11.4 Å². The molecule has 0 fully saturated rings. The number of hydrogen-bond acceptors (Lipinski definition) is 2. The number of pyridine rings is 1. The van der Waals surface area contributed by atoms with Gasteiger partial charge < -0.3 is 4.74 Å². The summed E-state index contributed by atoms with van der Waals surface area (Å²) in [5.41, 5.74) is 1.59. The van der Waals surface area contributed by atoms with Gasteiger partial charge in [0.1, 0.15) is 11.9 Å². The number of halogens is 2. The van der Waals surface area contributed by atoms with Crippen molar-refractivity contribution in [1.29, 1.82) is 0 Å². The van der Waals surface area contributed by atoms with Crippen molar-refractivity contribution >= 4 is 11.6 Å². The van der Waals surface area contributed by atoms with E-state index < -0.39 is 5.82 Å². The molecule has 2 nitrogen and oxygen atoms in total. The molecule has 2 rings (SSSR count). The fraction of sp³-hybridized carbons (Fsp3) is 0.214. The van der Waals surface area contributed by atoms with Crippen LogP contribution in [0, 0.1) is 5.82 Å². The van der Waals surface area contributed by atoms with E-state index >= 15 is 0 Å². The molecule has 2 aromatic rings. The van der Waals surface area contributed by atoms with Gasteiger partial charge in [-0.1, -0.05) is 30.3 Å². The summed E-state index contributed by atoms with van der Waals surface area (Å²) in [6.07, 6.45) is 0.967. The van der Waals surface area contributed by atoms with Crippen LogP contribution < -0.4 is 4.74 Å². The van der Waals surface area contributed by atoms with E-state index in [-0.39, 0.29) is 12.0 Å². The van der Waals surface area contributed by atoms with Crippen molar-refractivity contribution in [2.75, 3.05) is 0 Å². The summed E-state index contributed by atoms with van der Waals surface area (Å²) in [5, 5.41) is 0. The molecule has 1 heterocycles. The van der Waals surface area contributed by atoms with Gasteiger partial charge in [0.05, 0.1) is 12.1 Å². The van der Waals surface area contributed by atoms with E-state index in [0.717, 1.165) is 11.8 Å². The molecule has 0 spiro atoms. The van der Waals surface area contributed by atoms with E-state index in [9.17, 15) is 4.39 Å². The van der Waals surface area contributed by atoms with Crippen LogP contribution in [0.25, 0.3) is 0 Å². The molecule has 0 aliphatic rings. The Morgan fingerprint density at radius 1 is 1.33 bits per heavy atom. The Bertz CT molecular complexity index is 518. The average Bonchev–Trinajstić information content (AvgIpc) is 2.41. The quantitative estimate of drug-likeness (QED) is 0.777. The SMILES string of the molecule is CC(Oc1ncc(F)cc1CCl)c1ccccc1. The van der Waals surface area contributed by atoms with Gasteiger partial charge in [0.25, 0.3) is 0 Å². The van der Waals surface area contributed by atoms with Crippen molar-refractivity contribution in [1.82, 2.24) is 4.98 Å². The number of rotatable bonds is 4. The number of nitrogens with zero attached hydrogens (tertiary/aromatic N) is 1. The van der Waals surface area contributed by atoms with Crippen LogP contribution in [0.2, 0.25) is 0 Å². The van der Waals surface area contributed by atoms with E-state index in [1.54, 1.807) is 0 Å². The summed E-state index contributed by atoms with van der Waals surface area (Å²) in [4.78, 5) is 3.93. The standard InChI is InChI=1S/C14H13ClFNO/c1-10(11-5-3-2-4-6-11)18-14-12(8-15)7-13(16)9-17-14/h2-7,9-10H,8H2,1H3. The highest BCUT2D eigenvalue weighted by atomic mass is 35.5. The maximum atomic E-state index is 13.0. The first-order chi connectivity index (χ1) is 8.70. The second kappa shape index (κ2) is 5.83. The zero-order valence-corrected chi connectivity index (χ0v) is 10.7. The second-order valence-corrected chi connectivity index (χ2v) is 4.19. The smallest absolute Gasteiger partial charge is 0.218 e. The lowest BCUT2D eigenvalue weighted by molar-refractivity contribution is 0.215. The molecular weight excluding hydrogens is 253 g/mol. The normalized spacial score (nSPS) is 12.2. The van der Waals surface area contributed by atoms with Gasteiger partial charge in [-0.25, -0.2) is 9.37 Å². The van der Waals surface area contributed by atoms with Crippen molar-refractivity contribution in [2.24, 2.45) is 0 Å². The zero-order valence-electron chi connectivity index (χ0n) is 9.94. The number of aromatic nitrogens is 1. The molecule has 1 atom stereocenters. The van der Waals surface area contributed by atoms with E-state index in [1.807, 2.05) is 37.3 Å². The predicted molar refractivity (Wildman–Crippen MR) is 69.2 cm³/mol. The van der Waals surface area contributed by atoms with Crippen LogP contribution in [0.4, 0.5) is 4.39 Å². The van der Waals surface area contributed by atoms with Crippen molar-refractivity contribution < 1.29 is 9.13 Å². The molecule has 1 aromatic carbocycles. The van der Waals surface area contributed by atoms with Crippen LogP contribution in [0.1, 0.15) is 24.2 Å². The van der Waals surface area contributed by atoms with Crippen LogP contribution in [-0.2, 0) is 5.88 Å². The van der Waals surface area contributed by atoms with Crippen molar-refractivity contribution in [3.63, 3.8) is 0 Å². The Balaban J connectivity index is 2.19. The maximum Gasteiger partial charge on any atom is 0.218 e. The first kappa shape index (κ1) is 12.8. The minimum Gasteiger partial charge on any atom is -0.470 e. The molecule has 0 N–H and O–H groups in total. The van der Waals surface area contributed by atoms with Gasteiger partial charge in [-0.05, 0) is 18.6 Å². The van der Waals surface area contributed by atoms with Crippen molar-refractivity contribution in [3.8, 4) is 5.88 Å². The molecule has 0 bridgehead atoms. The van der Waals surface area contributed by atoms with Crippen molar-refractivity contribution in [2.45, 2.75) is 18.9 Å². The van der Waals surface area contributed by atoms with Crippen LogP contribution in [0.3, 0.4) is 0 Å². The van der Waals surface area contributed by atoms with Gasteiger partial charge in [0, 0.05) is 5.56 Å². The minimum atomic E-state index is -0.412. The van der Waals surface area contributed by atoms with Crippen molar-refractivity contribution in [3.05, 3.63) is 59.5 Å². The molecule has 4 heteroatoms. The summed E-state index contributed by atoms with van der Waals surface area (Å²) in [7, 11) is 0. The van der Waals surface area contributed by atoms with Crippen LogP contribution >= 0.6 is 11.6 Å². The van der Waals surface area contributed by atoms with E-state index in [2.05, 4.69) is 4.98 Å². The summed E-state index contributed by atoms with van der Waals surface area (Å²) >= 11 is 5.75. The first-order valence-electron chi connectivity index (χ1n) is 5.62. The third-order valence-corrected chi connectivity index (χ3v) is 2.88. The molecule has 0 saturated carbocycles. The fourth-order valence-corrected chi connectivity index (χ4v) is 1.82. The van der Waals surface area contributed by atoms with Gasteiger partial charge in [-0.2, -0.15) is 0 Å². The molecule has 0 aliphatic heterocycles. The number of benzene rings is 1. The number of hydrogen-bond donors (Lipinski definition) is 0. The Morgan fingerprint density at radius 2 is 2.06 bits per heavy atom. The molecule has 1 unspecified atom stereocenters. The minimum absolute atomic E-state index is 0.161. The monoisotopic (exact) mass is 265 g/mol. The molecule has 0 amide bonds. The van der Waals surface area contributed by atoms with Gasteiger partial charge in [-0.15, -0.1) is 11.6 Å². The summed E-state index contributed by atoms with van der Waals surface area (Å²) in [6.45, 7) is 1.92. The highest BCUT2D eigenvalue weighted by molar-refractivity contribution is 6.17. The fourth-order valence-electron chi connectivity index (χ4n) is 1.63. The molecule has 1 aromatic heterocycles. The third kappa shape index (κ3) is 2.99. The average molecular weight is 266 g/mol. The lowest BCUT2D eigenvalue weighted by Crippen LogP contribution is -2.06. The molecular formula is C14H13ClFNO. The Morgan fingerprint density at radius 3 is 2.72 bits per heavy atom. The highest BCUT2D eigenvalue weighted by Gasteiger charge is 2.11. The van der Waals surface area contributed by atoms with E-state index in [1.165, 1.54) is 6.07 Å². The number of ether oxygens (including phenoxy) is 1. The van der Waals surface area contributed by atoms with E-state index in [4.69, 9.17) is 16.3 Å². The molecule has 0 radical (unpaired) electrons. The lowest BCUT2D eigenvalue weighted by Gasteiger charge is -2.16. The van der Waals surface area contributed by atoms with Gasteiger partial charge >= 0.3 is 0 Å². The predicted octanol–water partition coefficient (Wildman–Crippen LogP) is 4.10. The molecule has 0 aliphatic carbocycles. The summed E-state index contributed by atoms with van der Waals surface area (Å²) in [5.74, 6) is 0.134. The summed E-state index contributed by atoms with van der Waals surface area (Å²) in [6, 6.07) is 11.1. The van der Waals surface area contributed by atoms with Crippen LogP contribution in [0.5, 0.6) is 5.88 Å². The van der Waals surface area contributed by atoms with Gasteiger partial charge in [0.15, 0.2) is 0 Å². The van der Waals surface area contributed by atoms with Gasteiger partial charge in [0.2, 0.25) is 5.88 Å².